The second-order valence-electron chi connectivity index (χ2n) is 20.1. The van der Waals surface area contributed by atoms with Gasteiger partial charge in [-0.05, 0) is 0 Å². The van der Waals surface area contributed by atoms with E-state index < -0.39 is 278 Å². The molecular formula is C42H70O37Te. The Hall–Kier alpha value is -1.01. The van der Waals surface area contributed by atoms with Crippen LogP contribution in [0.4, 0.5) is 0 Å². The normalized spacial score (nSPS) is 53.9. The molecule has 15 aliphatic heterocycles. The van der Waals surface area contributed by atoms with Crippen LogP contribution in [0.3, 0.4) is 0 Å². The fourth-order valence-electron chi connectivity index (χ4n) is 10.7. The van der Waals surface area contributed by atoms with Gasteiger partial charge in [0, 0.05) is 0 Å². The maximum absolute atomic E-state index is 13.1. The van der Waals surface area contributed by atoms with E-state index in [-0.39, 0.29) is 0 Å². The van der Waals surface area contributed by atoms with Crippen molar-refractivity contribution in [2.24, 2.45) is 0 Å². The Labute approximate surface area is 454 Å². The van der Waals surface area contributed by atoms with Gasteiger partial charge >= 0.3 is 304 Å². The molecule has 15 aliphatic rings. The monoisotopic (exact) mass is 1300 g/mol. The van der Waals surface area contributed by atoms with Crippen LogP contribution in [0.2, 0.25) is 3.97 Å². The number of rotatable bonds is 8. The molecule has 14 bridgehead atoms. The first-order valence-electron chi connectivity index (χ1n) is 25.1. The van der Waals surface area contributed by atoms with Crippen molar-refractivity contribution in [3.63, 3.8) is 0 Å². The van der Waals surface area contributed by atoms with Crippen LogP contribution in [-0.2, 0) is 72.5 Å². The molecule has 0 spiro atoms. The molecule has 0 unspecified atom stereocenters. The summed E-state index contributed by atoms with van der Waals surface area (Å²) in [6, 6.07) is 0. The zero-order valence-electron chi connectivity index (χ0n) is 41.5. The molecule has 0 amide bonds. The van der Waals surface area contributed by atoms with E-state index in [1.807, 2.05) is 0 Å². The Balaban J connectivity index is 1.10. The van der Waals surface area contributed by atoms with Crippen LogP contribution < -0.4 is 0 Å². The number of fused-ring (bicyclic) bond motifs is 7. The first kappa shape index (κ1) is 65.0. The molecule has 38 heteroatoms. The van der Waals surface area contributed by atoms with Crippen LogP contribution in [0.5, 0.6) is 0 Å². The Morgan fingerprint density at radius 2 is 0.375 bits per heavy atom. The van der Waals surface area contributed by atoms with Crippen molar-refractivity contribution in [1.29, 1.82) is 0 Å². The second kappa shape index (κ2) is 26.9. The molecule has 15 saturated heterocycles. The SMILES string of the molecule is O=[Te](=O)(O)[C@H]1[C@H]2O[C@H]3[C@H](O)[C@@H](O)[C@@H](O[C@H]4[C@H](O)[C@@H](O)[C@@H](O[C@H]5[C@H](O)[C@@H](O)[C@@H](O[C@H]6[C@H](O)[C@@H](O)[C@@H](O[C@H]7[C@H](O)[C@@H](O)[C@@H](O[C@H]8[C@H](O)[C@@H](O)[C@@H](O[C@@H]([C@@H]1O)[C@@H](CO)O2)O[C@@H]8CO)O[C@@H]7CO)O[C@@H]6CO)O[C@@H]5CO)O[C@@H]4CO)O[C@@H]3CO. The van der Waals surface area contributed by atoms with Crippen LogP contribution in [0.1, 0.15) is 0 Å². The van der Waals surface area contributed by atoms with Gasteiger partial charge in [-0.2, -0.15) is 0 Å². The molecule has 80 heavy (non-hydrogen) atoms. The molecule has 15 heterocycles. The Kier molecular flexibility index (Phi) is 21.9. The minimum atomic E-state index is -7.01. The summed E-state index contributed by atoms with van der Waals surface area (Å²) in [5.74, 6) is 0. The summed E-state index contributed by atoms with van der Waals surface area (Å²) in [4.78, 5) is 0. The summed E-state index contributed by atoms with van der Waals surface area (Å²) >= 11 is -7.01. The summed E-state index contributed by atoms with van der Waals surface area (Å²) < 4.78 is 113. The molecule has 0 aromatic rings. The molecule has 15 fully saturated rings. The van der Waals surface area contributed by atoms with Crippen LogP contribution in [0.25, 0.3) is 0 Å². The molecule has 0 radical (unpaired) electrons. The summed E-state index contributed by atoms with van der Waals surface area (Å²) in [5.41, 5.74) is 0. The predicted octanol–water partition coefficient (Wildman–Crippen LogP) is -15.4. The van der Waals surface area contributed by atoms with Crippen molar-refractivity contribution >= 4 is 18.6 Å². The van der Waals surface area contributed by atoms with Gasteiger partial charge in [-0.1, -0.05) is 0 Å². The maximum atomic E-state index is 13.1. The average molecular weight is 1290 g/mol. The average Bonchev–Trinajstić information content (AvgIpc) is 3.57. The van der Waals surface area contributed by atoms with E-state index in [0.29, 0.717) is 0 Å². The van der Waals surface area contributed by atoms with E-state index in [1.54, 1.807) is 0 Å². The third kappa shape index (κ3) is 12.7. The van der Waals surface area contributed by atoms with E-state index in [2.05, 4.69) is 0 Å². The summed E-state index contributed by atoms with van der Waals surface area (Å²) in [6.07, 6.45) is -71.7. The van der Waals surface area contributed by atoms with Gasteiger partial charge < -0.3 is 64.5 Å². The van der Waals surface area contributed by atoms with Crippen LogP contribution in [0.15, 0.2) is 0 Å². The fourth-order valence-corrected chi connectivity index (χ4v) is 13.3. The number of ether oxygens (including phenoxy) is 14. The van der Waals surface area contributed by atoms with Crippen molar-refractivity contribution in [1.82, 2.24) is 0 Å². The number of aliphatic hydroxyl groups is 20. The van der Waals surface area contributed by atoms with Gasteiger partial charge in [0.25, 0.3) is 0 Å². The van der Waals surface area contributed by atoms with E-state index in [0.717, 1.165) is 0 Å². The van der Waals surface area contributed by atoms with Gasteiger partial charge in [0.15, 0.2) is 12.6 Å². The van der Waals surface area contributed by atoms with Gasteiger partial charge in [-0.3, -0.25) is 0 Å². The zero-order chi connectivity index (χ0) is 58.6. The zero-order valence-corrected chi connectivity index (χ0v) is 43.8. The molecule has 0 saturated carbocycles. The van der Waals surface area contributed by atoms with Gasteiger partial charge in [0.2, 0.25) is 0 Å². The van der Waals surface area contributed by atoms with Gasteiger partial charge in [0.05, 0.1) is 19.8 Å². The van der Waals surface area contributed by atoms with E-state index in [1.165, 1.54) is 0 Å². The predicted molar refractivity (Wildman–Crippen MR) is 236 cm³/mol. The van der Waals surface area contributed by atoms with Gasteiger partial charge in [-0.25, -0.2) is 0 Å². The quantitative estimate of drug-likeness (QED) is 0.100. The number of hydrogen-bond donors (Lipinski definition) is 21. The third-order valence-electron chi connectivity index (χ3n) is 15.1. The molecule has 0 aliphatic carbocycles. The van der Waals surface area contributed by atoms with Crippen molar-refractivity contribution in [2.75, 3.05) is 46.2 Å². The topological polar surface area (TPSA) is 588 Å². The third-order valence-corrected chi connectivity index (χ3v) is 18.5. The fraction of sp³-hybridized carbons (Fsp3) is 1.00. The van der Waals surface area contributed by atoms with Crippen molar-refractivity contribution in [3.8, 4) is 0 Å². The van der Waals surface area contributed by atoms with Gasteiger partial charge in [-0.15, -0.1) is 0 Å². The second-order valence-corrected chi connectivity index (χ2v) is 24.6. The summed E-state index contributed by atoms with van der Waals surface area (Å²) in [5, 5.41) is 220. The molecule has 21 N–H and O–H groups in total. The van der Waals surface area contributed by atoms with E-state index >= 15 is 0 Å². The Bertz CT molecular complexity index is 2060. The molecule has 466 valence electrons. The van der Waals surface area contributed by atoms with Crippen LogP contribution in [-0.4, -0.2) is 379 Å². The summed E-state index contributed by atoms with van der Waals surface area (Å²) in [7, 11) is 0. The van der Waals surface area contributed by atoms with Crippen LogP contribution in [0, 0.1) is 0 Å². The molecular weight excluding hydrogens is 1220 g/mol. The Morgan fingerprint density at radius 3 is 0.537 bits per heavy atom. The van der Waals surface area contributed by atoms with E-state index in [4.69, 9.17) is 66.3 Å². The number of aliphatic hydroxyl groups excluding tert-OH is 20. The minimum absolute atomic E-state index is 1.07. The molecule has 37 nitrogen and oxygen atoms in total. The Morgan fingerprint density at radius 1 is 0.225 bits per heavy atom. The molecule has 15 rings (SSSR count). The van der Waals surface area contributed by atoms with Gasteiger partial charge in [0.1, 0.15) is 54.9 Å². The standard InChI is InChI=1S/C42H70O37Te/c43-1-8-28-15(50)21(56)37(66-8)74-30-10(3-45)68-39(23(58)17(30)52)76-32-12(5-47)70-41(25(60)19(32)54)78-34-14(7-49)72-42(35(27(34)62)80(63,64)65)79-33-13(6-48)71-40(26(61)20(33)55)77-31-11(4-46)69-38(24(59)18(31)53)75-29-9(2-44)67-36(73-28)22(57)16(29)51/h8-62H,1-7H2,(H,63,64,65)/t8-,9-,10-,11-,12-,13-,14-,15-,16-,17-,18-,19-,20-,21-,22-,23-,24-,25-,26-,27+,28-,29-,30-,31-,32-,33-,34-,35-,36-,37-,38-,39-,40-,41-,42-/m1/s1. The van der Waals surface area contributed by atoms with Crippen molar-refractivity contribution in [2.45, 2.75) is 213 Å². The van der Waals surface area contributed by atoms with E-state index in [9.17, 15) is 112 Å². The van der Waals surface area contributed by atoms with Crippen LogP contribution >= 0.6 is 0 Å². The number of hydrogen-bond acceptors (Lipinski definition) is 36. The van der Waals surface area contributed by atoms with Crippen molar-refractivity contribution < 1.29 is 178 Å². The molecule has 0 aromatic heterocycles. The first-order valence-corrected chi connectivity index (χ1v) is 29.4. The molecule has 0 aromatic carbocycles. The first-order chi connectivity index (χ1) is 37.9. The summed E-state index contributed by atoms with van der Waals surface area (Å²) in [6.45, 7) is -7.85. The van der Waals surface area contributed by atoms with Crippen molar-refractivity contribution in [3.05, 3.63) is 0 Å². The molecule has 35 atom stereocenters.